The average molecular weight is 668 g/mol. The number of carbonyl (C=O) groups is 2. The number of carbonyl (C=O) groups excluding carboxylic acids is 2. The Labute approximate surface area is 282 Å². The Morgan fingerprint density at radius 2 is 1.89 bits per heavy atom. The second kappa shape index (κ2) is 15.9. The summed E-state index contributed by atoms with van der Waals surface area (Å²) in [5.41, 5.74) is 2.77. The first-order valence-corrected chi connectivity index (χ1v) is 16.1. The van der Waals surface area contributed by atoms with Gasteiger partial charge in [-0.15, -0.1) is 0 Å². The summed E-state index contributed by atoms with van der Waals surface area (Å²) in [5.74, 6) is 2.49. The van der Waals surface area contributed by atoms with Crippen LogP contribution in [0.3, 0.4) is 0 Å². The number of nitrogens with one attached hydrogen (secondary N) is 1. The van der Waals surface area contributed by atoms with E-state index < -0.39 is 6.10 Å². The third kappa shape index (κ3) is 9.01. The number of Topliss-reactive ketones (excluding diaryl/α,β-unsaturated/α-hetero) is 1. The molecule has 0 saturated carbocycles. The van der Waals surface area contributed by atoms with Crippen molar-refractivity contribution in [1.29, 1.82) is 0 Å². The minimum Gasteiger partial charge on any atom is -0.486 e. The Morgan fingerprint density at radius 1 is 1.09 bits per heavy atom. The standard InChI is InChI=1S/C33H43N7O6.H2S/c1-22(2)32(43)39-9-11-40(12-10-39)33-36-29(14-31(37-33)35-25-18-44-19-25)30(42)6-4-26(41)17-38-8-7-23-13-27(5-3-24(23)16-38)45-20-28-15-34-21-46-28;/h3,5,13-15,21-22,25-26,41H,4,6-12,16-20H2,1-2H3,(H,35,36,37);1H2/t26-;/m0./s1. The van der Waals surface area contributed by atoms with Gasteiger partial charge in [0.15, 0.2) is 17.9 Å². The minimum atomic E-state index is -0.646. The van der Waals surface area contributed by atoms with Crippen LogP contribution in [0.15, 0.2) is 41.3 Å². The first-order chi connectivity index (χ1) is 22.3. The predicted molar refractivity (Wildman–Crippen MR) is 180 cm³/mol. The zero-order chi connectivity index (χ0) is 32.0. The van der Waals surface area contributed by atoms with E-state index in [0.717, 1.165) is 25.3 Å². The zero-order valence-electron chi connectivity index (χ0n) is 27.1. The van der Waals surface area contributed by atoms with Gasteiger partial charge in [-0.05, 0) is 36.1 Å². The van der Waals surface area contributed by atoms with Crippen LogP contribution in [0.2, 0.25) is 0 Å². The number of ether oxygens (including phenoxy) is 2. The van der Waals surface area contributed by atoms with E-state index in [9.17, 15) is 14.7 Å². The van der Waals surface area contributed by atoms with Crippen molar-refractivity contribution in [3.63, 3.8) is 0 Å². The Kier molecular flexibility index (Phi) is 11.7. The Hall–Kier alpha value is -3.72. The highest BCUT2D eigenvalue weighted by molar-refractivity contribution is 7.59. The molecule has 0 bridgehead atoms. The molecule has 3 aromatic rings. The van der Waals surface area contributed by atoms with Gasteiger partial charge in [-0.25, -0.2) is 9.97 Å². The van der Waals surface area contributed by atoms with Crippen molar-refractivity contribution in [3.8, 4) is 5.75 Å². The number of aliphatic hydroxyl groups excluding tert-OH is 1. The van der Waals surface area contributed by atoms with E-state index in [1.54, 1.807) is 12.3 Å². The maximum absolute atomic E-state index is 13.4. The fourth-order valence-electron chi connectivity index (χ4n) is 5.93. The second-order valence-corrected chi connectivity index (χ2v) is 12.6. The third-order valence-electron chi connectivity index (χ3n) is 8.67. The van der Waals surface area contributed by atoms with Gasteiger partial charge >= 0.3 is 0 Å². The lowest BCUT2D eigenvalue weighted by molar-refractivity contribution is -0.134. The Balaban J connectivity index is 0.00000433. The van der Waals surface area contributed by atoms with Crippen molar-refractivity contribution in [1.82, 2.24) is 24.8 Å². The molecule has 1 atom stereocenters. The highest BCUT2D eigenvalue weighted by Crippen LogP contribution is 2.25. The molecule has 2 N–H and O–H groups in total. The molecule has 0 radical (unpaired) electrons. The number of rotatable bonds is 13. The van der Waals surface area contributed by atoms with Crippen molar-refractivity contribution in [3.05, 3.63) is 59.4 Å². The predicted octanol–water partition coefficient (Wildman–Crippen LogP) is 2.65. The highest BCUT2D eigenvalue weighted by Gasteiger charge is 2.27. The summed E-state index contributed by atoms with van der Waals surface area (Å²) in [6.45, 7) is 9.72. The van der Waals surface area contributed by atoms with Crippen LogP contribution in [0.4, 0.5) is 11.8 Å². The lowest BCUT2D eigenvalue weighted by atomic mass is 9.98. The van der Waals surface area contributed by atoms with Crippen LogP contribution in [0.25, 0.3) is 0 Å². The Bertz CT molecular complexity index is 1490. The quantitative estimate of drug-likeness (QED) is 0.259. The smallest absolute Gasteiger partial charge is 0.228 e. The average Bonchev–Trinajstić information content (AvgIpc) is 3.58. The molecule has 6 rings (SSSR count). The van der Waals surface area contributed by atoms with Crippen LogP contribution < -0.4 is 15.0 Å². The second-order valence-electron chi connectivity index (χ2n) is 12.6. The minimum absolute atomic E-state index is 0. The van der Waals surface area contributed by atoms with E-state index in [4.69, 9.17) is 18.9 Å². The van der Waals surface area contributed by atoms with Crippen LogP contribution in [0.1, 0.15) is 54.1 Å². The van der Waals surface area contributed by atoms with E-state index in [1.807, 2.05) is 29.7 Å². The van der Waals surface area contributed by atoms with Gasteiger partial charge in [0.2, 0.25) is 11.9 Å². The van der Waals surface area contributed by atoms with Gasteiger partial charge in [-0.3, -0.25) is 14.5 Å². The summed E-state index contributed by atoms with van der Waals surface area (Å²) >= 11 is 0. The summed E-state index contributed by atoms with van der Waals surface area (Å²) < 4.78 is 16.4. The lowest BCUT2D eigenvalue weighted by Gasteiger charge is -2.36. The fourth-order valence-corrected chi connectivity index (χ4v) is 5.93. The molecule has 14 heteroatoms. The summed E-state index contributed by atoms with van der Waals surface area (Å²) in [7, 11) is 0. The lowest BCUT2D eigenvalue weighted by Crippen LogP contribution is -2.50. The first kappa shape index (κ1) is 34.6. The van der Waals surface area contributed by atoms with Crippen molar-refractivity contribution in [2.45, 2.75) is 58.4 Å². The van der Waals surface area contributed by atoms with Gasteiger partial charge in [0.05, 0.1) is 31.6 Å². The molecule has 0 spiro atoms. The molecule has 47 heavy (non-hydrogen) atoms. The number of oxazole rings is 1. The number of fused-ring (bicyclic) bond motifs is 1. The maximum Gasteiger partial charge on any atom is 0.228 e. The molecular formula is C33H45N7O6S. The number of hydrogen-bond acceptors (Lipinski definition) is 12. The first-order valence-electron chi connectivity index (χ1n) is 16.1. The van der Waals surface area contributed by atoms with Crippen molar-refractivity contribution >= 4 is 37.0 Å². The van der Waals surface area contributed by atoms with E-state index in [1.165, 1.54) is 17.5 Å². The molecule has 2 saturated heterocycles. The largest absolute Gasteiger partial charge is 0.486 e. The molecule has 0 unspecified atom stereocenters. The molecule has 5 heterocycles. The fraction of sp³-hybridized carbons (Fsp3) is 0.545. The maximum atomic E-state index is 13.4. The van der Waals surface area contributed by atoms with Crippen molar-refractivity contribution in [2.24, 2.45) is 5.92 Å². The molecule has 254 valence electrons. The van der Waals surface area contributed by atoms with E-state index in [2.05, 4.69) is 32.3 Å². The number of anilines is 2. The third-order valence-corrected chi connectivity index (χ3v) is 8.67. The molecule has 0 aliphatic carbocycles. The highest BCUT2D eigenvalue weighted by atomic mass is 32.1. The summed E-state index contributed by atoms with van der Waals surface area (Å²) in [6, 6.07) is 7.93. The van der Waals surface area contributed by atoms with Crippen LogP contribution in [0, 0.1) is 5.92 Å². The molecule has 1 aromatic carbocycles. The number of β-amino-alcohol motifs (C(OH)–C–C–N with tert-alkyl or cyclic N) is 1. The van der Waals surface area contributed by atoms with Crippen molar-refractivity contribution < 1.29 is 28.6 Å². The van der Waals surface area contributed by atoms with Crippen LogP contribution in [-0.4, -0.2) is 106 Å². The van der Waals surface area contributed by atoms with E-state index >= 15 is 0 Å². The number of hydrogen-bond donors (Lipinski definition) is 2. The van der Waals surface area contributed by atoms with Gasteiger partial charge in [-0.2, -0.15) is 18.5 Å². The van der Waals surface area contributed by atoms with Gasteiger partial charge in [-0.1, -0.05) is 19.9 Å². The summed E-state index contributed by atoms with van der Waals surface area (Å²) in [4.78, 5) is 45.2. The molecule has 3 aliphatic rings. The van der Waals surface area contributed by atoms with Crippen LogP contribution in [-0.2, 0) is 29.1 Å². The van der Waals surface area contributed by atoms with Crippen LogP contribution >= 0.6 is 13.5 Å². The number of aromatic nitrogens is 3. The van der Waals surface area contributed by atoms with Gasteiger partial charge in [0.1, 0.15) is 23.9 Å². The molecule has 2 aromatic heterocycles. The number of amides is 1. The molecule has 3 aliphatic heterocycles. The molecule has 13 nitrogen and oxygen atoms in total. The zero-order valence-corrected chi connectivity index (χ0v) is 28.1. The van der Waals surface area contributed by atoms with Gasteiger partial charge in [0, 0.05) is 64.2 Å². The van der Waals surface area contributed by atoms with Gasteiger partial charge in [0.25, 0.3) is 0 Å². The number of aliphatic hydroxyl groups is 1. The normalized spacial score (nSPS) is 17.4. The topological polar surface area (TPSA) is 146 Å². The Morgan fingerprint density at radius 3 is 2.60 bits per heavy atom. The monoisotopic (exact) mass is 667 g/mol. The number of ketones is 1. The molecule has 1 amide bonds. The van der Waals surface area contributed by atoms with Gasteiger partial charge < -0.3 is 34.1 Å². The SMILES string of the molecule is CC(C)C(=O)N1CCN(c2nc(NC3COC3)cc(C(=O)CC[C@H](O)CN3CCc4cc(OCc5cnco5)ccc4C3)n2)CC1.S. The van der Waals surface area contributed by atoms with E-state index in [-0.39, 0.29) is 43.6 Å². The number of benzene rings is 1. The molecular weight excluding hydrogens is 622 g/mol. The molecule has 2 fully saturated rings. The van der Waals surface area contributed by atoms with Crippen LogP contribution in [0.5, 0.6) is 5.75 Å². The van der Waals surface area contributed by atoms with E-state index in [0.29, 0.717) is 82.2 Å². The summed E-state index contributed by atoms with van der Waals surface area (Å²) in [6.07, 6.45) is 3.75. The summed E-state index contributed by atoms with van der Waals surface area (Å²) in [5, 5.41) is 14.3. The number of nitrogens with zero attached hydrogens (tertiary/aromatic N) is 6. The van der Waals surface area contributed by atoms with Crippen molar-refractivity contribution in [2.75, 3.05) is 62.7 Å². The number of piperazine rings is 1.